The number of hydrogen-bond acceptors (Lipinski definition) is 3. The standard InChI is InChI=1S/C20H41O2SSi/c1-5-8-11-12-15-20(21)23-16-13-14-19(4)22-24(17-9-6-2)18-10-7-3/h19H,5-18H2,1-4H3. The van der Waals surface area contributed by atoms with Gasteiger partial charge in [0.25, 0.3) is 0 Å². The molecule has 0 heterocycles. The van der Waals surface area contributed by atoms with E-state index in [4.69, 9.17) is 4.43 Å². The molecule has 4 heteroatoms. The fourth-order valence-corrected chi connectivity index (χ4v) is 6.15. The molecule has 0 aromatic rings. The second-order valence-corrected chi connectivity index (χ2v) is 10.3. The van der Waals surface area contributed by atoms with Crippen molar-refractivity contribution >= 4 is 25.9 Å². The monoisotopic (exact) mass is 373 g/mol. The highest BCUT2D eigenvalue weighted by molar-refractivity contribution is 8.13. The number of carbonyl (C=O) groups is 1. The van der Waals surface area contributed by atoms with Crippen molar-refractivity contribution < 1.29 is 9.22 Å². The number of unbranched alkanes of at least 4 members (excludes halogenated alkanes) is 5. The maximum atomic E-state index is 11.8. The van der Waals surface area contributed by atoms with Crippen LogP contribution in [0.4, 0.5) is 0 Å². The molecule has 0 saturated carbocycles. The van der Waals surface area contributed by atoms with Crippen LogP contribution in [0.2, 0.25) is 12.1 Å². The Morgan fingerprint density at radius 1 is 0.917 bits per heavy atom. The highest BCUT2D eigenvalue weighted by atomic mass is 32.2. The molecule has 0 bridgehead atoms. The lowest BCUT2D eigenvalue weighted by atomic mass is 10.2. The molecule has 0 spiro atoms. The first-order chi connectivity index (χ1) is 11.6. The van der Waals surface area contributed by atoms with E-state index < -0.39 is 9.04 Å². The molecule has 1 atom stereocenters. The minimum Gasteiger partial charge on any atom is -0.414 e. The minimum absolute atomic E-state index is 0.368. The van der Waals surface area contributed by atoms with Crippen molar-refractivity contribution in [2.75, 3.05) is 5.75 Å². The molecule has 0 N–H and O–H groups in total. The fraction of sp³-hybridized carbons (Fsp3) is 0.950. The Balaban J connectivity index is 3.73. The minimum atomic E-state index is -0.613. The van der Waals surface area contributed by atoms with Crippen LogP contribution in [0, 0.1) is 0 Å². The quantitative estimate of drug-likeness (QED) is 0.203. The van der Waals surface area contributed by atoms with Gasteiger partial charge in [0.1, 0.15) is 0 Å². The Bertz CT molecular complexity index is 279. The Morgan fingerprint density at radius 3 is 2.12 bits per heavy atom. The van der Waals surface area contributed by atoms with Gasteiger partial charge in [-0.1, -0.05) is 77.5 Å². The highest BCUT2D eigenvalue weighted by Crippen LogP contribution is 2.17. The number of carbonyl (C=O) groups excluding carboxylic acids is 1. The van der Waals surface area contributed by atoms with Crippen LogP contribution >= 0.6 is 11.8 Å². The van der Waals surface area contributed by atoms with Gasteiger partial charge in [0.05, 0.1) is 0 Å². The first-order valence-electron chi connectivity index (χ1n) is 10.3. The van der Waals surface area contributed by atoms with E-state index >= 15 is 0 Å². The van der Waals surface area contributed by atoms with Crippen molar-refractivity contribution in [3.63, 3.8) is 0 Å². The summed E-state index contributed by atoms with van der Waals surface area (Å²) in [6, 6.07) is 2.60. The van der Waals surface area contributed by atoms with Crippen LogP contribution in [0.15, 0.2) is 0 Å². The summed E-state index contributed by atoms with van der Waals surface area (Å²) >= 11 is 1.54. The molecule has 1 radical (unpaired) electrons. The Hall–Kier alpha value is 0.197. The number of thioether (sulfide) groups is 1. The third-order valence-corrected chi connectivity index (χ3v) is 7.82. The number of rotatable bonds is 17. The Kier molecular flexibility index (Phi) is 18.1. The summed E-state index contributed by atoms with van der Waals surface area (Å²) in [5, 5.41) is 0.385. The van der Waals surface area contributed by atoms with Gasteiger partial charge < -0.3 is 4.43 Å². The van der Waals surface area contributed by atoms with Crippen molar-refractivity contribution in [3.05, 3.63) is 0 Å². The van der Waals surface area contributed by atoms with Crippen molar-refractivity contribution in [2.45, 2.75) is 117 Å². The largest absolute Gasteiger partial charge is 0.414 e. The smallest absolute Gasteiger partial charge is 0.211 e. The summed E-state index contributed by atoms with van der Waals surface area (Å²) in [6.07, 6.45) is 13.3. The van der Waals surface area contributed by atoms with E-state index in [-0.39, 0.29) is 0 Å². The van der Waals surface area contributed by atoms with Gasteiger partial charge >= 0.3 is 0 Å². The van der Waals surface area contributed by atoms with Crippen molar-refractivity contribution in [1.82, 2.24) is 0 Å². The molecule has 0 aliphatic rings. The van der Waals surface area contributed by atoms with Crippen molar-refractivity contribution in [2.24, 2.45) is 0 Å². The maximum Gasteiger partial charge on any atom is 0.211 e. The molecule has 24 heavy (non-hydrogen) atoms. The summed E-state index contributed by atoms with van der Waals surface area (Å²) in [4.78, 5) is 11.8. The first-order valence-corrected chi connectivity index (χ1v) is 13.1. The van der Waals surface area contributed by atoms with Crippen LogP contribution in [0.1, 0.15) is 98.3 Å². The van der Waals surface area contributed by atoms with E-state index in [2.05, 4.69) is 27.7 Å². The Labute approximate surface area is 157 Å². The van der Waals surface area contributed by atoms with E-state index in [0.717, 1.165) is 31.4 Å². The molecule has 0 amide bonds. The first kappa shape index (κ1) is 24.2. The highest BCUT2D eigenvalue weighted by Gasteiger charge is 2.16. The lowest BCUT2D eigenvalue weighted by molar-refractivity contribution is -0.111. The zero-order valence-corrected chi connectivity index (χ0v) is 18.5. The molecule has 143 valence electrons. The predicted molar refractivity (Wildman–Crippen MR) is 111 cm³/mol. The zero-order chi connectivity index (χ0) is 18.0. The molecule has 2 nitrogen and oxygen atoms in total. The van der Waals surface area contributed by atoms with E-state index in [1.165, 1.54) is 68.8 Å². The lowest BCUT2D eigenvalue weighted by Crippen LogP contribution is -2.24. The molecule has 1 unspecified atom stereocenters. The van der Waals surface area contributed by atoms with Crippen LogP contribution in [0.5, 0.6) is 0 Å². The van der Waals surface area contributed by atoms with Crippen molar-refractivity contribution in [1.29, 1.82) is 0 Å². The van der Waals surface area contributed by atoms with Gasteiger partial charge in [-0.15, -0.1) is 0 Å². The Morgan fingerprint density at radius 2 is 1.54 bits per heavy atom. The molecule has 0 aromatic carbocycles. The second-order valence-electron chi connectivity index (χ2n) is 6.85. The normalized spacial score (nSPS) is 12.7. The van der Waals surface area contributed by atoms with E-state index in [9.17, 15) is 4.79 Å². The van der Waals surface area contributed by atoms with Gasteiger partial charge in [-0.2, -0.15) is 0 Å². The maximum absolute atomic E-state index is 11.8. The zero-order valence-electron chi connectivity index (χ0n) is 16.7. The third kappa shape index (κ3) is 15.7. The molecule has 0 aliphatic carbocycles. The fourth-order valence-electron chi connectivity index (χ4n) is 2.66. The average Bonchev–Trinajstić information content (AvgIpc) is 2.58. The van der Waals surface area contributed by atoms with Gasteiger partial charge in [0.2, 0.25) is 9.04 Å². The van der Waals surface area contributed by atoms with Crippen LogP contribution in [0.25, 0.3) is 0 Å². The average molecular weight is 374 g/mol. The molecular weight excluding hydrogens is 332 g/mol. The van der Waals surface area contributed by atoms with Gasteiger partial charge in [0.15, 0.2) is 5.12 Å². The van der Waals surface area contributed by atoms with Crippen LogP contribution in [0.3, 0.4) is 0 Å². The van der Waals surface area contributed by atoms with Gasteiger partial charge in [-0.25, -0.2) is 0 Å². The summed E-state index contributed by atoms with van der Waals surface area (Å²) in [5.41, 5.74) is 0. The van der Waals surface area contributed by atoms with E-state index in [1.54, 1.807) is 0 Å². The molecule has 0 rings (SSSR count). The molecule has 0 aliphatic heterocycles. The van der Waals surface area contributed by atoms with Crippen LogP contribution in [-0.4, -0.2) is 26.0 Å². The van der Waals surface area contributed by atoms with Crippen LogP contribution in [-0.2, 0) is 9.22 Å². The summed E-state index contributed by atoms with van der Waals surface area (Å²) in [5.74, 6) is 0.965. The third-order valence-electron chi connectivity index (χ3n) is 4.24. The summed E-state index contributed by atoms with van der Waals surface area (Å²) < 4.78 is 6.36. The molecule has 0 saturated heterocycles. The topological polar surface area (TPSA) is 26.3 Å². The molecular formula is C20H41O2SSi. The summed E-state index contributed by atoms with van der Waals surface area (Å²) in [6.45, 7) is 8.95. The van der Waals surface area contributed by atoms with E-state index in [0.29, 0.717) is 11.2 Å². The second kappa shape index (κ2) is 18.0. The predicted octanol–water partition coefficient (Wildman–Crippen LogP) is 6.99. The van der Waals surface area contributed by atoms with Gasteiger partial charge in [-0.05, 0) is 38.3 Å². The lowest BCUT2D eigenvalue weighted by Gasteiger charge is -2.20. The summed E-state index contributed by atoms with van der Waals surface area (Å²) in [7, 11) is -0.613. The molecule has 0 fully saturated rings. The number of hydrogen-bond donors (Lipinski definition) is 0. The van der Waals surface area contributed by atoms with Gasteiger partial charge in [-0.3, -0.25) is 4.79 Å². The SMILES string of the molecule is CCCCCCC(=O)SCCCC(C)O[Si](CCCC)CCCC. The van der Waals surface area contributed by atoms with Gasteiger partial charge in [0, 0.05) is 18.3 Å². The van der Waals surface area contributed by atoms with Crippen molar-refractivity contribution in [3.8, 4) is 0 Å². The van der Waals surface area contributed by atoms with Crippen LogP contribution < -0.4 is 0 Å². The van der Waals surface area contributed by atoms with E-state index in [1.807, 2.05) is 0 Å². The molecule has 0 aromatic heterocycles.